The summed E-state index contributed by atoms with van der Waals surface area (Å²) in [4.78, 5) is 17.3. The predicted octanol–water partition coefficient (Wildman–Crippen LogP) is 5.12. The standard InChI is InChI=1S/C25H30N4OS/c30-24(18-31-25-27-23(28-29-25)16-15-19-9-7-8-10-19)26-22(21-13-5-2-6-14-21)17-20-11-3-1-4-12-20/h1-6,11-14,19,22H,7-10,15-18H2,(H,26,30)(H,27,28,29). The van der Waals surface area contributed by atoms with E-state index in [9.17, 15) is 4.79 Å². The number of carbonyl (C=O) groups excluding carboxylic acids is 1. The van der Waals surface area contributed by atoms with Gasteiger partial charge in [0.15, 0.2) is 0 Å². The van der Waals surface area contributed by atoms with Crippen molar-refractivity contribution in [1.29, 1.82) is 0 Å². The molecule has 0 spiro atoms. The van der Waals surface area contributed by atoms with Crippen molar-refractivity contribution >= 4 is 17.7 Å². The lowest BCUT2D eigenvalue weighted by atomic mass is 9.99. The van der Waals surface area contributed by atoms with E-state index in [0.29, 0.717) is 10.9 Å². The van der Waals surface area contributed by atoms with Crippen molar-refractivity contribution in [2.45, 2.75) is 56.1 Å². The van der Waals surface area contributed by atoms with Crippen LogP contribution >= 0.6 is 11.8 Å². The summed E-state index contributed by atoms with van der Waals surface area (Å²) in [5.74, 6) is 2.07. The maximum absolute atomic E-state index is 12.7. The number of nitrogens with one attached hydrogen (secondary N) is 2. The van der Waals surface area contributed by atoms with Crippen molar-refractivity contribution in [3.63, 3.8) is 0 Å². The van der Waals surface area contributed by atoms with Crippen molar-refractivity contribution in [3.8, 4) is 0 Å². The van der Waals surface area contributed by atoms with Gasteiger partial charge in [0.05, 0.1) is 11.8 Å². The van der Waals surface area contributed by atoms with Gasteiger partial charge in [0.25, 0.3) is 0 Å². The molecule has 0 bridgehead atoms. The lowest BCUT2D eigenvalue weighted by Crippen LogP contribution is -2.31. The number of benzene rings is 2. The molecule has 1 fully saturated rings. The topological polar surface area (TPSA) is 70.7 Å². The maximum atomic E-state index is 12.7. The summed E-state index contributed by atoms with van der Waals surface area (Å²) >= 11 is 1.39. The Morgan fingerprint density at radius 2 is 1.77 bits per heavy atom. The SMILES string of the molecule is O=C(CSc1n[nH]c(CCC2CCCC2)n1)NC(Cc1ccccc1)c1ccccc1. The van der Waals surface area contributed by atoms with Gasteiger partial charge in [0.2, 0.25) is 11.1 Å². The summed E-state index contributed by atoms with van der Waals surface area (Å²) in [5.41, 5.74) is 2.31. The zero-order valence-electron chi connectivity index (χ0n) is 17.8. The first-order chi connectivity index (χ1) is 15.3. The van der Waals surface area contributed by atoms with Crippen LogP contribution in [-0.2, 0) is 17.6 Å². The smallest absolute Gasteiger partial charge is 0.230 e. The number of hydrogen-bond acceptors (Lipinski definition) is 4. The fourth-order valence-corrected chi connectivity index (χ4v) is 4.88. The summed E-state index contributed by atoms with van der Waals surface area (Å²) in [6.45, 7) is 0. The summed E-state index contributed by atoms with van der Waals surface area (Å²) in [6, 6.07) is 20.3. The Labute approximate surface area is 188 Å². The van der Waals surface area contributed by atoms with Gasteiger partial charge in [-0.25, -0.2) is 4.98 Å². The largest absolute Gasteiger partial charge is 0.348 e. The van der Waals surface area contributed by atoms with Crippen LogP contribution in [0.5, 0.6) is 0 Å². The van der Waals surface area contributed by atoms with E-state index >= 15 is 0 Å². The quantitative estimate of drug-likeness (QED) is 0.435. The van der Waals surface area contributed by atoms with Crippen molar-refractivity contribution in [2.75, 3.05) is 5.75 Å². The van der Waals surface area contributed by atoms with E-state index in [1.807, 2.05) is 36.4 Å². The van der Waals surface area contributed by atoms with Gasteiger partial charge in [0, 0.05) is 6.42 Å². The minimum atomic E-state index is -0.0641. The molecule has 0 aliphatic heterocycles. The molecular formula is C25H30N4OS. The fraction of sp³-hybridized carbons (Fsp3) is 0.400. The number of aromatic amines is 1. The van der Waals surface area contributed by atoms with E-state index in [2.05, 4.69) is 44.8 Å². The molecule has 0 saturated heterocycles. The Bertz CT molecular complexity index is 938. The number of H-pyrrole nitrogens is 1. The van der Waals surface area contributed by atoms with E-state index in [1.54, 1.807) is 0 Å². The third-order valence-electron chi connectivity index (χ3n) is 5.93. The second-order valence-electron chi connectivity index (χ2n) is 8.26. The van der Waals surface area contributed by atoms with E-state index in [-0.39, 0.29) is 11.9 Å². The van der Waals surface area contributed by atoms with E-state index in [1.165, 1.54) is 49.4 Å². The Hall–Kier alpha value is -2.60. The molecule has 1 aliphatic rings. The van der Waals surface area contributed by atoms with Crippen LogP contribution in [0, 0.1) is 5.92 Å². The Kier molecular flexibility index (Phi) is 7.77. The molecule has 162 valence electrons. The van der Waals surface area contributed by atoms with Gasteiger partial charge < -0.3 is 5.32 Å². The number of aromatic nitrogens is 3. The first-order valence-electron chi connectivity index (χ1n) is 11.2. The predicted molar refractivity (Wildman–Crippen MR) is 125 cm³/mol. The Balaban J connectivity index is 1.29. The Morgan fingerprint density at radius 3 is 2.52 bits per heavy atom. The number of carbonyl (C=O) groups is 1. The van der Waals surface area contributed by atoms with Crippen molar-refractivity contribution in [1.82, 2.24) is 20.5 Å². The van der Waals surface area contributed by atoms with Crippen LogP contribution in [0.1, 0.15) is 55.1 Å². The molecule has 0 radical (unpaired) electrons. The third kappa shape index (κ3) is 6.69. The molecule has 1 unspecified atom stereocenters. The zero-order valence-corrected chi connectivity index (χ0v) is 18.6. The second-order valence-corrected chi connectivity index (χ2v) is 9.21. The van der Waals surface area contributed by atoms with Crippen molar-refractivity contribution in [3.05, 3.63) is 77.6 Å². The number of hydrogen-bond donors (Lipinski definition) is 2. The molecule has 2 aromatic carbocycles. The zero-order chi connectivity index (χ0) is 21.3. The molecule has 1 saturated carbocycles. The summed E-state index contributed by atoms with van der Waals surface area (Å²) in [6.07, 6.45) is 8.31. The minimum absolute atomic E-state index is 0.00732. The summed E-state index contributed by atoms with van der Waals surface area (Å²) in [5, 5.41) is 11.2. The average Bonchev–Trinajstić information content (AvgIpc) is 3.49. The van der Waals surface area contributed by atoms with E-state index in [4.69, 9.17) is 0 Å². The monoisotopic (exact) mass is 434 g/mol. The van der Waals surface area contributed by atoms with Crippen LogP contribution in [0.4, 0.5) is 0 Å². The van der Waals surface area contributed by atoms with Crippen LogP contribution in [0.15, 0.2) is 65.8 Å². The lowest BCUT2D eigenvalue weighted by Gasteiger charge is -2.19. The van der Waals surface area contributed by atoms with Gasteiger partial charge in [0.1, 0.15) is 5.82 Å². The highest BCUT2D eigenvalue weighted by Crippen LogP contribution is 2.28. The third-order valence-corrected chi connectivity index (χ3v) is 6.77. The van der Waals surface area contributed by atoms with E-state index < -0.39 is 0 Å². The first-order valence-corrected chi connectivity index (χ1v) is 12.2. The molecule has 3 aromatic rings. The molecule has 1 aliphatic carbocycles. The lowest BCUT2D eigenvalue weighted by molar-refractivity contribution is -0.119. The molecule has 31 heavy (non-hydrogen) atoms. The van der Waals surface area contributed by atoms with Gasteiger partial charge in [-0.05, 0) is 29.9 Å². The van der Waals surface area contributed by atoms with Crippen molar-refractivity contribution in [2.24, 2.45) is 5.92 Å². The molecule has 1 heterocycles. The number of amides is 1. The summed E-state index contributed by atoms with van der Waals surface area (Å²) < 4.78 is 0. The molecule has 2 N–H and O–H groups in total. The van der Waals surface area contributed by atoms with Gasteiger partial charge in [-0.3, -0.25) is 9.89 Å². The molecule has 5 nitrogen and oxygen atoms in total. The van der Waals surface area contributed by atoms with Crippen LogP contribution < -0.4 is 5.32 Å². The number of thioether (sulfide) groups is 1. The van der Waals surface area contributed by atoms with E-state index in [0.717, 1.165) is 30.1 Å². The summed E-state index contributed by atoms with van der Waals surface area (Å²) in [7, 11) is 0. The number of nitrogens with zero attached hydrogens (tertiary/aromatic N) is 2. The van der Waals surface area contributed by atoms with Gasteiger partial charge in [-0.2, -0.15) is 0 Å². The second kappa shape index (κ2) is 11.1. The van der Waals surface area contributed by atoms with Crippen LogP contribution in [0.3, 0.4) is 0 Å². The van der Waals surface area contributed by atoms with Crippen LogP contribution in [0.2, 0.25) is 0 Å². The first kappa shape index (κ1) is 21.6. The van der Waals surface area contributed by atoms with Crippen LogP contribution in [-0.4, -0.2) is 26.8 Å². The highest BCUT2D eigenvalue weighted by molar-refractivity contribution is 7.99. The maximum Gasteiger partial charge on any atom is 0.230 e. The van der Waals surface area contributed by atoms with Gasteiger partial charge in [-0.1, -0.05) is 98.1 Å². The molecule has 1 atom stereocenters. The number of rotatable bonds is 10. The van der Waals surface area contributed by atoms with Gasteiger partial charge in [-0.15, -0.1) is 5.10 Å². The molecule has 4 rings (SSSR count). The number of aryl methyl sites for hydroxylation is 1. The molecule has 6 heteroatoms. The minimum Gasteiger partial charge on any atom is -0.348 e. The van der Waals surface area contributed by atoms with Crippen LogP contribution in [0.25, 0.3) is 0 Å². The average molecular weight is 435 g/mol. The fourth-order valence-electron chi connectivity index (χ4n) is 4.25. The highest BCUT2D eigenvalue weighted by Gasteiger charge is 2.17. The highest BCUT2D eigenvalue weighted by atomic mass is 32.2. The van der Waals surface area contributed by atoms with Gasteiger partial charge >= 0.3 is 0 Å². The molecular weight excluding hydrogens is 404 g/mol. The Morgan fingerprint density at radius 1 is 1.06 bits per heavy atom. The normalized spacial score (nSPS) is 15.1. The van der Waals surface area contributed by atoms with Crippen molar-refractivity contribution < 1.29 is 4.79 Å². The molecule has 1 aromatic heterocycles. The molecule has 1 amide bonds.